The molecule has 0 aliphatic carbocycles. The van der Waals surface area contributed by atoms with Gasteiger partial charge in [0.2, 0.25) is 0 Å². The summed E-state index contributed by atoms with van der Waals surface area (Å²) in [5.41, 5.74) is 4.59. The van der Waals surface area contributed by atoms with Crippen LogP contribution in [0, 0.1) is 0 Å². The van der Waals surface area contributed by atoms with Crippen molar-refractivity contribution in [1.29, 1.82) is 0 Å². The Morgan fingerprint density at radius 1 is 1.68 bits per heavy atom. The smallest absolute Gasteiger partial charge is 0.351 e. The first-order valence-corrected chi connectivity index (χ1v) is 6.41. The topological polar surface area (TPSA) is 111 Å². The standard InChI is InChI=1S/C9H11ClFN3O4S/c10-3-1-14(9(17)13-7(3)12)8-6(19-11)5(16)4(2-15)18-8/h1,4-6,8,15-16H,2H2,(H2,12,13,17). The Labute approximate surface area is 116 Å². The number of anilines is 1. The van der Waals surface area contributed by atoms with E-state index in [2.05, 4.69) is 4.98 Å². The SMILES string of the molecule is Nc1nc(=O)n(C2OC(CO)C(O)C2SF)cc1Cl. The van der Waals surface area contributed by atoms with Gasteiger partial charge in [0.25, 0.3) is 0 Å². The van der Waals surface area contributed by atoms with E-state index in [0.717, 1.165) is 10.8 Å². The van der Waals surface area contributed by atoms with Crippen molar-refractivity contribution >= 4 is 29.6 Å². The van der Waals surface area contributed by atoms with Gasteiger partial charge in [0.1, 0.15) is 23.3 Å². The van der Waals surface area contributed by atoms with Gasteiger partial charge in [-0.1, -0.05) is 11.6 Å². The number of aliphatic hydroxyl groups excluding tert-OH is 2. The van der Waals surface area contributed by atoms with E-state index in [9.17, 15) is 13.8 Å². The molecule has 2 rings (SSSR count). The van der Waals surface area contributed by atoms with Crippen LogP contribution in [0.5, 0.6) is 0 Å². The molecule has 1 saturated heterocycles. The second-order valence-electron chi connectivity index (χ2n) is 3.96. The number of rotatable bonds is 3. The maximum atomic E-state index is 12.9. The number of hydrogen-bond acceptors (Lipinski definition) is 7. The molecule has 10 heteroatoms. The van der Waals surface area contributed by atoms with Crippen LogP contribution in [0.1, 0.15) is 6.23 Å². The van der Waals surface area contributed by atoms with E-state index < -0.39 is 36.0 Å². The molecule has 0 spiro atoms. The van der Waals surface area contributed by atoms with Crippen molar-refractivity contribution in [2.75, 3.05) is 12.3 Å². The number of aromatic nitrogens is 2. The minimum absolute atomic E-state index is 0.00717. The monoisotopic (exact) mass is 311 g/mol. The summed E-state index contributed by atoms with van der Waals surface area (Å²) in [6.07, 6.45) is -2.21. The predicted molar refractivity (Wildman–Crippen MR) is 67.4 cm³/mol. The van der Waals surface area contributed by atoms with E-state index in [1.54, 1.807) is 0 Å². The van der Waals surface area contributed by atoms with Crippen LogP contribution in [-0.2, 0) is 4.74 Å². The molecule has 2 heterocycles. The van der Waals surface area contributed by atoms with E-state index in [-0.39, 0.29) is 23.0 Å². The Morgan fingerprint density at radius 2 is 2.37 bits per heavy atom. The van der Waals surface area contributed by atoms with Gasteiger partial charge in [0.15, 0.2) is 6.23 Å². The summed E-state index contributed by atoms with van der Waals surface area (Å²) in [4.78, 5) is 15.2. The highest BCUT2D eigenvalue weighted by atomic mass is 35.5. The summed E-state index contributed by atoms with van der Waals surface area (Å²) < 4.78 is 19.1. The number of halogens is 2. The van der Waals surface area contributed by atoms with Crippen LogP contribution in [0.15, 0.2) is 11.0 Å². The Kier molecular flexibility index (Phi) is 4.31. The minimum Gasteiger partial charge on any atom is -0.394 e. The normalized spacial score (nSPS) is 30.7. The van der Waals surface area contributed by atoms with Crippen LogP contribution in [0.25, 0.3) is 0 Å². The number of nitrogens with zero attached hydrogens (tertiary/aromatic N) is 2. The first kappa shape index (κ1) is 14.5. The van der Waals surface area contributed by atoms with Crippen LogP contribution >= 0.6 is 23.7 Å². The van der Waals surface area contributed by atoms with Gasteiger partial charge in [-0.2, -0.15) is 8.87 Å². The zero-order valence-corrected chi connectivity index (χ0v) is 11.0. The number of aliphatic hydroxyl groups is 2. The summed E-state index contributed by atoms with van der Waals surface area (Å²) in [6, 6.07) is 0. The van der Waals surface area contributed by atoms with Crippen LogP contribution in [0.3, 0.4) is 0 Å². The summed E-state index contributed by atoms with van der Waals surface area (Å²) in [5.74, 6) is -0.148. The van der Waals surface area contributed by atoms with E-state index in [1.165, 1.54) is 0 Å². The molecule has 1 aliphatic heterocycles. The van der Waals surface area contributed by atoms with Gasteiger partial charge in [0.05, 0.1) is 23.8 Å². The average molecular weight is 312 g/mol. The van der Waals surface area contributed by atoms with Gasteiger partial charge in [-0.05, 0) is 0 Å². The zero-order chi connectivity index (χ0) is 14.2. The third kappa shape index (κ3) is 2.56. The van der Waals surface area contributed by atoms with Gasteiger partial charge >= 0.3 is 5.69 Å². The van der Waals surface area contributed by atoms with Crippen molar-refractivity contribution in [2.24, 2.45) is 0 Å². The van der Waals surface area contributed by atoms with E-state index in [1.807, 2.05) is 0 Å². The largest absolute Gasteiger partial charge is 0.394 e. The van der Waals surface area contributed by atoms with Crippen molar-refractivity contribution in [3.8, 4) is 0 Å². The third-order valence-corrected chi connectivity index (χ3v) is 3.81. The van der Waals surface area contributed by atoms with Crippen molar-refractivity contribution in [3.63, 3.8) is 0 Å². The Balaban J connectivity index is 2.41. The van der Waals surface area contributed by atoms with E-state index in [4.69, 9.17) is 27.2 Å². The molecule has 0 amide bonds. The number of nitrogen functional groups attached to an aromatic ring is 1. The summed E-state index contributed by atoms with van der Waals surface area (Å²) in [6.45, 7) is -0.500. The van der Waals surface area contributed by atoms with Gasteiger partial charge in [-0.15, -0.1) is 0 Å². The first-order valence-electron chi connectivity index (χ1n) is 5.25. The van der Waals surface area contributed by atoms with Gasteiger partial charge in [-0.25, -0.2) is 4.79 Å². The van der Waals surface area contributed by atoms with Gasteiger partial charge < -0.3 is 20.7 Å². The summed E-state index contributed by atoms with van der Waals surface area (Å²) in [5, 5.41) is 17.7. The molecule has 0 aromatic carbocycles. The number of ether oxygens (including phenoxy) is 1. The van der Waals surface area contributed by atoms with E-state index >= 15 is 0 Å². The molecule has 0 bridgehead atoms. The predicted octanol–water partition coefficient (Wildman–Crippen LogP) is -0.284. The van der Waals surface area contributed by atoms with Crippen LogP contribution in [0.4, 0.5) is 9.70 Å². The Morgan fingerprint density at radius 3 is 2.95 bits per heavy atom. The lowest BCUT2D eigenvalue weighted by molar-refractivity contribution is -0.0456. The molecular weight excluding hydrogens is 301 g/mol. The van der Waals surface area contributed by atoms with Gasteiger partial charge in [-0.3, -0.25) is 4.57 Å². The maximum absolute atomic E-state index is 12.9. The molecule has 1 fully saturated rings. The molecule has 19 heavy (non-hydrogen) atoms. The van der Waals surface area contributed by atoms with Crippen molar-refractivity contribution in [1.82, 2.24) is 9.55 Å². The lowest BCUT2D eigenvalue weighted by atomic mass is 10.2. The molecule has 0 radical (unpaired) electrons. The molecule has 4 unspecified atom stereocenters. The number of nitrogens with two attached hydrogens (primary N) is 1. The van der Waals surface area contributed by atoms with Crippen LogP contribution in [0.2, 0.25) is 5.02 Å². The van der Waals surface area contributed by atoms with Crippen molar-refractivity contribution < 1.29 is 18.8 Å². The highest BCUT2D eigenvalue weighted by molar-refractivity contribution is 7.95. The highest BCUT2D eigenvalue weighted by Crippen LogP contribution is 2.37. The molecule has 1 aromatic heterocycles. The quantitative estimate of drug-likeness (QED) is 0.704. The molecule has 7 nitrogen and oxygen atoms in total. The Bertz CT molecular complexity index is 531. The fourth-order valence-electron chi connectivity index (χ4n) is 1.83. The fraction of sp³-hybridized carbons (Fsp3) is 0.556. The van der Waals surface area contributed by atoms with Crippen LogP contribution < -0.4 is 11.4 Å². The zero-order valence-electron chi connectivity index (χ0n) is 9.44. The molecule has 0 saturated carbocycles. The third-order valence-electron chi connectivity index (χ3n) is 2.80. The first-order chi connectivity index (χ1) is 8.99. The maximum Gasteiger partial charge on any atom is 0.351 e. The molecular formula is C9H11ClFN3O4S. The van der Waals surface area contributed by atoms with E-state index in [0.29, 0.717) is 0 Å². The molecule has 106 valence electrons. The molecule has 1 aromatic rings. The number of hydrogen-bond donors (Lipinski definition) is 3. The minimum atomic E-state index is -1.26. The van der Waals surface area contributed by atoms with Crippen molar-refractivity contribution in [2.45, 2.75) is 23.7 Å². The average Bonchev–Trinajstić information content (AvgIpc) is 2.70. The second-order valence-corrected chi connectivity index (χ2v) is 5.09. The Hall–Kier alpha value is -0.870. The van der Waals surface area contributed by atoms with Crippen molar-refractivity contribution in [3.05, 3.63) is 21.7 Å². The summed E-state index contributed by atoms with van der Waals surface area (Å²) in [7, 11) is 0. The van der Waals surface area contributed by atoms with Crippen LogP contribution in [-0.4, -0.2) is 43.8 Å². The highest BCUT2D eigenvalue weighted by Gasteiger charge is 2.46. The molecule has 4 N–H and O–H groups in total. The fourth-order valence-corrected chi connectivity index (χ4v) is 2.54. The molecule has 4 atom stereocenters. The lowest BCUT2D eigenvalue weighted by Gasteiger charge is -2.18. The van der Waals surface area contributed by atoms with Gasteiger partial charge in [0, 0.05) is 6.20 Å². The summed E-state index contributed by atoms with van der Waals surface area (Å²) >= 11 is 5.58. The lowest BCUT2D eigenvalue weighted by Crippen LogP contribution is -2.34. The second kappa shape index (κ2) is 5.63. The molecule has 1 aliphatic rings.